The highest BCUT2D eigenvalue weighted by atomic mass is 32.2. The van der Waals surface area contributed by atoms with E-state index in [-0.39, 0.29) is 0 Å². The molecular formula is C12H25N3S. The largest absolute Gasteiger partial charge is 0.357 e. The van der Waals surface area contributed by atoms with Crippen LogP contribution in [0.1, 0.15) is 39.5 Å². The molecule has 2 N–H and O–H groups in total. The zero-order chi connectivity index (χ0) is 11.8. The molecule has 0 saturated heterocycles. The molecule has 1 saturated carbocycles. The fraction of sp³-hybridized carbons (Fsp3) is 0.917. The molecule has 0 bridgehead atoms. The summed E-state index contributed by atoms with van der Waals surface area (Å²) in [5.74, 6) is 0.996. The summed E-state index contributed by atoms with van der Waals surface area (Å²) in [5.41, 5.74) is 0. The van der Waals surface area contributed by atoms with Gasteiger partial charge in [0.2, 0.25) is 0 Å². The third-order valence-electron chi connectivity index (χ3n) is 2.90. The van der Waals surface area contributed by atoms with Crippen molar-refractivity contribution >= 4 is 17.7 Å². The second-order valence-corrected chi connectivity index (χ2v) is 5.41. The van der Waals surface area contributed by atoms with Gasteiger partial charge in [-0.25, -0.2) is 0 Å². The van der Waals surface area contributed by atoms with Gasteiger partial charge in [0, 0.05) is 24.4 Å². The summed E-state index contributed by atoms with van der Waals surface area (Å²) in [5, 5.41) is 7.69. The summed E-state index contributed by atoms with van der Waals surface area (Å²) in [4.78, 5) is 4.53. The molecule has 2 atom stereocenters. The first kappa shape index (κ1) is 13.7. The summed E-state index contributed by atoms with van der Waals surface area (Å²) >= 11 is 1.99. The lowest BCUT2D eigenvalue weighted by Crippen LogP contribution is -2.42. The monoisotopic (exact) mass is 243 g/mol. The summed E-state index contributed by atoms with van der Waals surface area (Å²) in [6, 6.07) is 0.618. The third kappa shape index (κ3) is 4.64. The lowest BCUT2D eigenvalue weighted by molar-refractivity contribution is 0.615. The summed E-state index contributed by atoms with van der Waals surface area (Å²) < 4.78 is 0. The van der Waals surface area contributed by atoms with E-state index in [0.717, 1.165) is 30.7 Å². The lowest BCUT2D eigenvalue weighted by Gasteiger charge is -2.17. The van der Waals surface area contributed by atoms with Crippen LogP contribution in [0.2, 0.25) is 0 Å². The van der Waals surface area contributed by atoms with Gasteiger partial charge >= 0.3 is 0 Å². The number of rotatable bonds is 5. The number of aliphatic imine (C=N–C) groups is 1. The minimum absolute atomic E-state index is 0.618. The molecule has 0 aliphatic heterocycles. The van der Waals surface area contributed by atoms with Crippen molar-refractivity contribution in [2.45, 2.75) is 50.8 Å². The normalized spacial score (nSPS) is 25.8. The maximum absolute atomic E-state index is 4.53. The van der Waals surface area contributed by atoms with Crippen molar-refractivity contribution < 1.29 is 0 Å². The van der Waals surface area contributed by atoms with Gasteiger partial charge in [-0.3, -0.25) is 4.99 Å². The summed E-state index contributed by atoms with van der Waals surface area (Å²) in [6.45, 7) is 6.12. The SMILES string of the molecule is CCCN=C(NCC)NC1CCC(SC)C1. The molecule has 1 rings (SSSR count). The van der Waals surface area contributed by atoms with E-state index in [0.29, 0.717) is 6.04 Å². The van der Waals surface area contributed by atoms with Crippen LogP contribution >= 0.6 is 11.8 Å². The van der Waals surface area contributed by atoms with E-state index < -0.39 is 0 Å². The van der Waals surface area contributed by atoms with Crippen LogP contribution in [0.15, 0.2) is 4.99 Å². The van der Waals surface area contributed by atoms with E-state index in [1.54, 1.807) is 0 Å². The van der Waals surface area contributed by atoms with Crippen molar-refractivity contribution in [2.75, 3.05) is 19.3 Å². The molecule has 0 amide bonds. The number of nitrogens with one attached hydrogen (secondary N) is 2. The molecule has 1 aliphatic rings. The Morgan fingerprint density at radius 3 is 2.75 bits per heavy atom. The Kier molecular flexibility index (Phi) is 6.69. The van der Waals surface area contributed by atoms with Gasteiger partial charge in [-0.2, -0.15) is 11.8 Å². The zero-order valence-corrected chi connectivity index (χ0v) is 11.6. The highest BCUT2D eigenvalue weighted by molar-refractivity contribution is 7.99. The zero-order valence-electron chi connectivity index (χ0n) is 10.8. The van der Waals surface area contributed by atoms with Crippen LogP contribution in [-0.2, 0) is 0 Å². The molecule has 1 aliphatic carbocycles. The first-order chi connectivity index (χ1) is 7.80. The van der Waals surface area contributed by atoms with Crippen molar-refractivity contribution in [2.24, 2.45) is 4.99 Å². The Morgan fingerprint density at radius 2 is 2.19 bits per heavy atom. The smallest absolute Gasteiger partial charge is 0.191 e. The van der Waals surface area contributed by atoms with E-state index in [2.05, 4.69) is 35.7 Å². The molecular weight excluding hydrogens is 218 g/mol. The minimum Gasteiger partial charge on any atom is -0.357 e. The Bertz CT molecular complexity index is 218. The molecule has 1 fully saturated rings. The van der Waals surface area contributed by atoms with Crippen LogP contribution in [-0.4, -0.2) is 36.6 Å². The Labute approximate surface area is 104 Å². The van der Waals surface area contributed by atoms with Crippen LogP contribution in [0.5, 0.6) is 0 Å². The Morgan fingerprint density at radius 1 is 1.38 bits per heavy atom. The van der Waals surface area contributed by atoms with Crippen LogP contribution in [0.4, 0.5) is 0 Å². The molecule has 0 aromatic carbocycles. The standard InChI is InChI=1S/C12H25N3S/c1-4-8-14-12(13-5-2)15-10-6-7-11(9-10)16-3/h10-11H,4-9H2,1-3H3,(H2,13,14,15). The molecule has 0 heterocycles. The number of thioether (sulfide) groups is 1. The van der Waals surface area contributed by atoms with Gasteiger partial charge in [0.25, 0.3) is 0 Å². The molecule has 0 aromatic heterocycles. The number of nitrogens with zero attached hydrogens (tertiary/aromatic N) is 1. The average molecular weight is 243 g/mol. The molecule has 94 valence electrons. The van der Waals surface area contributed by atoms with Crippen molar-refractivity contribution in [3.63, 3.8) is 0 Å². The highest BCUT2D eigenvalue weighted by Gasteiger charge is 2.24. The topological polar surface area (TPSA) is 36.4 Å². The first-order valence-corrected chi connectivity index (χ1v) is 7.66. The van der Waals surface area contributed by atoms with Gasteiger partial charge in [-0.05, 0) is 38.9 Å². The number of guanidine groups is 1. The minimum atomic E-state index is 0.618. The Balaban J connectivity index is 2.37. The summed E-state index contributed by atoms with van der Waals surface area (Å²) in [6.07, 6.45) is 7.21. The van der Waals surface area contributed by atoms with E-state index >= 15 is 0 Å². The fourth-order valence-electron chi connectivity index (χ4n) is 2.02. The molecule has 3 nitrogen and oxygen atoms in total. The highest BCUT2D eigenvalue weighted by Crippen LogP contribution is 2.27. The second kappa shape index (κ2) is 7.82. The molecule has 0 aromatic rings. The van der Waals surface area contributed by atoms with Crippen molar-refractivity contribution in [1.82, 2.24) is 10.6 Å². The predicted octanol–water partition coefficient (Wildman–Crippen LogP) is 2.24. The molecule has 4 heteroatoms. The van der Waals surface area contributed by atoms with Crippen LogP contribution < -0.4 is 10.6 Å². The quantitative estimate of drug-likeness (QED) is 0.574. The van der Waals surface area contributed by atoms with Gasteiger partial charge in [0.1, 0.15) is 0 Å². The Hall–Kier alpha value is -0.380. The second-order valence-electron chi connectivity index (χ2n) is 4.27. The van der Waals surface area contributed by atoms with E-state index in [1.165, 1.54) is 19.3 Å². The van der Waals surface area contributed by atoms with Crippen molar-refractivity contribution in [3.05, 3.63) is 0 Å². The van der Waals surface area contributed by atoms with Gasteiger partial charge in [-0.1, -0.05) is 6.92 Å². The molecule has 16 heavy (non-hydrogen) atoms. The maximum atomic E-state index is 4.53. The van der Waals surface area contributed by atoms with Crippen LogP contribution in [0, 0.1) is 0 Å². The van der Waals surface area contributed by atoms with Gasteiger partial charge in [-0.15, -0.1) is 0 Å². The first-order valence-electron chi connectivity index (χ1n) is 6.37. The average Bonchev–Trinajstić information content (AvgIpc) is 2.74. The van der Waals surface area contributed by atoms with Gasteiger partial charge in [0.05, 0.1) is 0 Å². The predicted molar refractivity (Wildman–Crippen MR) is 74.3 cm³/mol. The van der Waals surface area contributed by atoms with Gasteiger partial charge < -0.3 is 10.6 Å². The fourth-order valence-corrected chi connectivity index (χ4v) is 2.82. The van der Waals surface area contributed by atoms with Gasteiger partial charge in [0.15, 0.2) is 5.96 Å². The third-order valence-corrected chi connectivity index (χ3v) is 3.99. The molecule has 0 radical (unpaired) electrons. The van der Waals surface area contributed by atoms with E-state index in [1.807, 2.05) is 11.8 Å². The summed E-state index contributed by atoms with van der Waals surface area (Å²) in [7, 11) is 0. The van der Waals surface area contributed by atoms with Crippen molar-refractivity contribution in [3.8, 4) is 0 Å². The molecule has 2 unspecified atom stereocenters. The number of hydrogen-bond acceptors (Lipinski definition) is 2. The van der Waals surface area contributed by atoms with Crippen LogP contribution in [0.25, 0.3) is 0 Å². The van der Waals surface area contributed by atoms with Crippen molar-refractivity contribution in [1.29, 1.82) is 0 Å². The maximum Gasteiger partial charge on any atom is 0.191 e. The lowest BCUT2D eigenvalue weighted by atomic mass is 10.2. The van der Waals surface area contributed by atoms with E-state index in [4.69, 9.17) is 0 Å². The van der Waals surface area contributed by atoms with Crippen LogP contribution in [0.3, 0.4) is 0 Å². The number of hydrogen-bond donors (Lipinski definition) is 2. The van der Waals surface area contributed by atoms with E-state index in [9.17, 15) is 0 Å². The molecule has 0 spiro atoms.